The van der Waals surface area contributed by atoms with Crippen LogP contribution in [-0.4, -0.2) is 19.6 Å². The normalized spacial score (nSPS) is 18.0. The quantitative estimate of drug-likeness (QED) is 0.832. The van der Waals surface area contributed by atoms with Gasteiger partial charge in [0, 0.05) is 6.04 Å². The Morgan fingerprint density at radius 3 is 2.41 bits per heavy atom. The number of aliphatic hydroxyl groups excluding tert-OH is 1. The molecule has 1 aromatic rings. The van der Waals surface area contributed by atoms with E-state index in [4.69, 9.17) is 5.11 Å². The van der Waals surface area contributed by atoms with E-state index in [9.17, 15) is 8.42 Å². The Hall–Kier alpha value is -0.910. The molecule has 0 aromatic heterocycles. The van der Waals surface area contributed by atoms with Gasteiger partial charge in [-0.1, -0.05) is 12.1 Å². The summed E-state index contributed by atoms with van der Waals surface area (Å²) in [4.78, 5) is 0.252. The van der Waals surface area contributed by atoms with E-state index in [0.717, 1.165) is 12.8 Å². The lowest BCUT2D eigenvalue weighted by Gasteiger charge is -2.13. The second-order valence-corrected chi connectivity index (χ2v) is 6.26. The number of hydrogen-bond acceptors (Lipinski definition) is 3. The van der Waals surface area contributed by atoms with Gasteiger partial charge in [-0.2, -0.15) is 0 Å². The van der Waals surface area contributed by atoms with Crippen LogP contribution in [0, 0.1) is 5.92 Å². The van der Waals surface area contributed by atoms with Gasteiger partial charge in [0.15, 0.2) is 0 Å². The Morgan fingerprint density at radius 2 is 1.94 bits per heavy atom. The zero-order valence-corrected chi connectivity index (χ0v) is 10.6. The van der Waals surface area contributed by atoms with Gasteiger partial charge in [-0.3, -0.25) is 0 Å². The van der Waals surface area contributed by atoms with Crippen LogP contribution in [0.15, 0.2) is 29.2 Å². The maximum Gasteiger partial charge on any atom is 0.240 e. The average Bonchev–Trinajstić information content (AvgIpc) is 3.12. The number of benzene rings is 1. The Balaban J connectivity index is 2.12. The summed E-state index contributed by atoms with van der Waals surface area (Å²) in [6.07, 6.45) is 2.21. The van der Waals surface area contributed by atoms with Gasteiger partial charge in [0.2, 0.25) is 10.0 Å². The molecule has 5 heteroatoms. The van der Waals surface area contributed by atoms with Crippen molar-refractivity contribution in [3.63, 3.8) is 0 Å². The van der Waals surface area contributed by atoms with Crippen molar-refractivity contribution >= 4 is 10.0 Å². The molecule has 1 aliphatic rings. The second kappa shape index (κ2) is 4.76. The molecule has 1 fully saturated rings. The van der Waals surface area contributed by atoms with Crippen molar-refractivity contribution in [2.45, 2.75) is 37.3 Å². The Kier molecular flexibility index (Phi) is 3.51. The minimum absolute atomic E-state index is 0.00230. The zero-order chi connectivity index (χ0) is 12.5. The van der Waals surface area contributed by atoms with E-state index in [-0.39, 0.29) is 17.5 Å². The van der Waals surface area contributed by atoms with E-state index in [1.165, 1.54) is 12.1 Å². The lowest BCUT2D eigenvalue weighted by molar-refractivity contribution is 0.282. The molecule has 1 saturated carbocycles. The monoisotopic (exact) mass is 255 g/mol. The third kappa shape index (κ3) is 3.06. The van der Waals surface area contributed by atoms with E-state index in [0.29, 0.717) is 11.5 Å². The Morgan fingerprint density at radius 1 is 1.35 bits per heavy atom. The van der Waals surface area contributed by atoms with Crippen LogP contribution in [0.5, 0.6) is 0 Å². The first kappa shape index (κ1) is 12.5. The van der Waals surface area contributed by atoms with Crippen molar-refractivity contribution in [2.75, 3.05) is 0 Å². The van der Waals surface area contributed by atoms with Gasteiger partial charge >= 0.3 is 0 Å². The summed E-state index contributed by atoms with van der Waals surface area (Å²) in [5, 5.41) is 8.89. The van der Waals surface area contributed by atoms with E-state index in [1.807, 2.05) is 6.92 Å². The third-order valence-corrected chi connectivity index (χ3v) is 4.66. The number of aliphatic hydroxyl groups is 1. The molecule has 2 N–H and O–H groups in total. The van der Waals surface area contributed by atoms with Crippen LogP contribution in [-0.2, 0) is 16.6 Å². The summed E-state index contributed by atoms with van der Waals surface area (Å²) in [7, 11) is -3.42. The fraction of sp³-hybridized carbons (Fsp3) is 0.500. The summed E-state index contributed by atoms with van der Waals surface area (Å²) in [6, 6.07) is 6.28. The van der Waals surface area contributed by atoms with Crippen molar-refractivity contribution in [2.24, 2.45) is 5.92 Å². The number of sulfonamides is 1. The predicted octanol–water partition coefficient (Wildman–Crippen LogP) is 1.26. The fourth-order valence-electron chi connectivity index (χ4n) is 1.78. The molecule has 0 amide bonds. The van der Waals surface area contributed by atoms with Crippen LogP contribution in [0.4, 0.5) is 0 Å². The molecule has 2 rings (SSSR count). The molecule has 0 radical (unpaired) electrons. The standard InChI is InChI=1S/C12H17NO3S/c1-9(11-4-5-11)13-17(15,16)12-6-2-10(8-14)3-7-12/h2-3,6-7,9,11,13-14H,4-5,8H2,1H3. The first-order chi connectivity index (χ1) is 8.03. The molecule has 0 aliphatic heterocycles. The van der Waals surface area contributed by atoms with Crippen LogP contribution in [0.1, 0.15) is 25.3 Å². The highest BCUT2D eigenvalue weighted by Crippen LogP contribution is 2.32. The summed E-state index contributed by atoms with van der Waals surface area (Å²) >= 11 is 0. The van der Waals surface area contributed by atoms with Crippen LogP contribution in [0.2, 0.25) is 0 Å². The number of hydrogen-bond donors (Lipinski definition) is 2. The number of rotatable bonds is 5. The van der Waals surface area contributed by atoms with Crippen LogP contribution >= 0.6 is 0 Å². The molecule has 94 valence electrons. The lowest BCUT2D eigenvalue weighted by atomic mass is 10.2. The largest absolute Gasteiger partial charge is 0.392 e. The smallest absolute Gasteiger partial charge is 0.240 e. The highest BCUT2D eigenvalue weighted by molar-refractivity contribution is 7.89. The second-order valence-electron chi connectivity index (χ2n) is 4.55. The lowest BCUT2D eigenvalue weighted by Crippen LogP contribution is -2.33. The molecule has 0 bridgehead atoms. The third-order valence-electron chi connectivity index (χ3n) is 3.09. The van der Waals surface area contributed by atoms with Crippen LogP contribution < -0.4 is 4.72 Å². The SMILES string of the molecule is CC(NS(=O)(=O)c1ccc(CO)cc1)C1CC1. The highest BCUT2D eigenvalue weighted by atomic mass is 32.2. The van der Waals surface area contributed by atoms with E-state index < -0.39 is 10.0 Å². The van der Waals surface area contributed by atoms with Gasteiger partial charge in [-0.25, -0.2) is 13.1 Å². The van der Waals surface area contributed by atoms with Gasteiger partial charge < -0.3 is 5.11 Å². The molecule has 0 saturated heterocycles. The van der Waals surface area contributed by atoms with Gasteiger partial charge in [-0.05, 0) is 43.4 Å². The summed E-state index contributed by atoms with van der Waals surface area (Å²) in [5.41, 5.74) is 0.708. The van der Waals surface area contributed by atoms with Crippen LogP contribution in [0.3, 0.4) is 0 Å². The van der Waals surface area contributed by atoms with E-state index >= 15 is 0 Å². The van der Waals surface area contributed by atoms with Gasteiger partial charge in [0.25, 0.3) is 0 Å². The maximum atomic E-state index is 12.0. The molecular formula is C12H17NO3S. The minimum atomic E-state index is -3.42. The topological polar surface area (TPSA) is 66.4 Å². The zero-order valence-electron chi connectivity index (χ0n) is 9.76. The molecule has 1 aliphatic carbocycles. The summed E-state index contributed by atoms with van der Waals surface area (Å²) < 4.78 is 26.7. The Labute approximate surface area is 102 Å². The van der Waals surface area contributed by atoms with E-state index in [1.54, 1.807) is 12.1 Å². The number of nitrogens with one attached hydrogen (secondary N) is 1. The average molecular weight is 255 g/mol. The van der Waals surface area contributed by atoms with Crippen LogP contribution in [0.25, 0.3) is 0 Å². The van der Waals surface area contributed by atoms with Crippen molar-refractivity contribution < 1.29 is 13.5 Å². The minimum Gasteiger partial charge on any atom is -0.392 e. The highest BCUT2D eigenvalue weighted by Gasteiger charge is 2.31. The molecule has 0 heterocycles. The fourth-order valence-corrected chi connectivity index (χ4v) is 3.09. The van der Waals surface area contributed by atoms with Crippen molar-refractivity contribution in [1.82, 2.24) is 4.72 Å². The van der Waals surface area contributed by atoms with Crippen molar-refractivity contribution in [1.29, 1.82) is 0 Å². The predicted molar refractivity (Wildman–Crippen MR) is 64.9 cm³/mol. The van der Waals surface area contributed by atoms with Crippen molar-refractivity contribution in [3.8, 4) is 0 Å². The Bertz CT molecular complexity index is 477. The molecule has 0 spiro atoms. The molecular weight excluding hydrogens is 238 g/mol. The molecule has 17 heavy (non-hydrogen) atoms. The van der Waals surface area contributed by atoms with Gasteiger partial charge in [0.1, 0.15) is 0 Å². The molecule has 1 atom stereocenters. The molecule has 1 unspecified atom stereocenters. The summed E-state index contributed by atoms with van der Waals surface area (Å²) in [5.74, 6) is 0.487. The maximum absolute atomic E-state index is 12.0. The van der Waals surface area contributed by atoms with Crippen molar-refractivity contribution in [3.05, 3.63) is 29.8 Å². The summed E-state index contributed by atoms with van der Waals surface area (Å²) in [6.45, 7) is 1.82. The van der Waals surface area contributed by atoms with E-state index in [2.05, 4.69) is 4.72 Å². The van der Waals surface area contributed by atoms with Gasteiger partial charge in [0.05, 0.1) is 11.5 Å². The first-order valence-electron chi connectivity index (χ1n) is 5.75. The van der Waals surface area contributed by atoms with Gasteiger partial charge in [-0.15, -0.1) is 0 Å². The molecule has 1 aromatic carbocycles. The molecule has 4 nitrogen and oxygen atoms in total. The first-order valence-corrected chi connectivity index (χ1v) is 7.23.